The molecule has 1 saturated heterocycles. The second-order valence-corrected chi connectivity index (χ2v) is 7.30. The van der Waals surface area contributed by atoms with Gasteiger partial charge < -0.3 is 15.0 Å². The van der Waals surface area contributed by atoms with E-state index in [1.807, 2.05) is 23.1 Å². The van der Waals surface area contributed by atoms with Crippen molar-refractivity contribution in [3.05, 3.63) is 35.9 Å². The predicted octanol–water partition coefficient (Wildman–Crippen LogP) is 3.96. The summed E-state index contributed by atoms with van der Waals surface area (Å²) in [6.45, 7) is 4.52. The number of urea groups is 1. The fourth-order valence-corrected chi connectivity index (χ4v) is 3.79. The van der Waals surface area contributed by atoms with Gasteiger partial charge >= 0.3 is 6.03 Å². The molecule has 0 radical (unpaired) electrons. The van der Waals surface area contributed by atoms with Crippen molar-refractivity contribution < 1.29 is 9.53 Å². The maximum absolute atomic E-state index is 12.5. The Morgan fingerprint density at radius 3 is 2.54 bits per heavy atom. The fraction of sp³-hybridized carbons (Fsp3) is 0.650. The van der Waals surface area contributed by atoms with Gasteiger partial charge in [0.15, 0.2) is 0 Å². The van der Waals surface area contributed by atoms with Crippen molar-refractivity contribution in [2.75, 3.05) is 13.1 Å². The van der Waals surface area contributed by atoms with Gasteiger partial charge in [0.1, 0.15) is 0 Å². The summed E-state index contributed by atoms with van der Waals surface area (Å²) >= 11 is 0. The van der Waals surface area contributed by atoms with E-state index in [4.69, 9.17) is 4.74 Å². The Morgan fingerprint density at radius 1 is 1.12 bits per heavy atom. The minimum atomic E-state index is 0.121. The zero-order chi connectivity index (χ0) is 16.8. The average Bonchev–Trinajstić information content (AvgIpc) is 2.63. The number of nitrogens with zero attached hydrogens (tertiary/aromatic N) is 1. The van der Waals surface area contributed by atoms with Gasteiger partial charge in [-0.05, 0) is 37.2 Å². The zero-order valence-corrected chi connectivity index (χ0v) is 14.7. The molecule has 1 saturated carbocycles. The van der Waals surface area contributed by atoms with Crippen LogP contribution in [0.2, 0.25) is 0 Å². The number of benzene rings is 1. The first-order chi connectivity index (χ1) is 11.7. The molecule has 1 aliphatic carbocycles. The summed E-state index contributed by atoms with van der Waals surface area (Å²) in [5.74, 6) is 0.606. The van der Waals surface area contributed by atoms with Crippen LogP contribution in [0.5, 0.6) is 0 Å². The number of carbonyl (C=O) groups is 1. The summed E-state index contributed by atoms with van der Waals surface area (Å²) in [6.07, 6.45) is 7.04. The molecule has 24 heavy (non-hydrogen) atoms. The summed E-state index contributed by atoms with van der Waals surface area (Å²) in [7, 11) is 0. The molecule has 0 bridgehead atoms. The number of hydrogen-bond donors (Lipinski definition) is 1. The smallest absolute Gasteiger partial charge is 0.317 e. The molecule has 1 heterocycles. The Bertz CT molecular complexity index is 512. The fourth-order valence-electron chi connectivity index (χ4n) is 3.79. The van der Waals surface area contributed by atoms with Gasteiger partial charge in [-0.15, -0.1) is 0 Å². The van der Waals surface area contributed by atoms with Crippen LogP contribution in [-0.4, -0.2) is 36.2 Å². The molecule has 1 aromatic rings. The summed E-state index contributed by atoms with van der Waals surface area (Å²) < 4.78 is 6.01. The SMILES string of the molecule is C[C@@H]1CCCC[C@H]1NC(=O)N1CCC(OCc2ccccc2)CC1. The van der Waals surface area contributed by atoms with Crippen molar-refractivity contribution in [1.29, 1.82) is 0 Å². The van der Waals surface area contributed by atoms with Crippen molar-refractivity contribution >= 4 is 6.03 Å². The summed E-state index contributed by atoms with van der Waals surface area (Å²) in [6, 6.07) is 10.8. The number of likely N-dealkylation sites (tertiary alicyclic amines) is 1. The molecule has 4 nitrogen and oxygen atoms in total. The average molecular weight is 330 g/mol. The van der Waals surface area contributed by atoms with Crippen LogP contribution in [0.15, 0.2) is 30.3 Å². The molecule has 0 spiro atoms. The molecule has 2 atom stereocenters. The highest BCUT2D eigenvalue weighted by atomic mass is 16.5. The number of nitrogens with one attached hydrogen (secondary N) is 1. The third-order valence-electron chi connectivity index (χ3n) is 5.48. The topological polar surface area (TPSA) is 41.6 Å². The second-order valence-electron chi connectivity index (χ2n) is 7.30. The van der Waals surface area contributed by atoms with E-state index in [1.54, 1.807) is 0 Å². The van der Waals surface area contributed by atoms with Crippen molar-refractivity contribution in [1.82, 2.24) is 10.2 Å². The Kier molecular flexibility index (Phi) is 6.13. The standard InChI is InChI=1S/C20H30N2O2/c1-16-7-5-6-10-19(16)21-20(23)22-13-11-18(12-14-22)24-15-17-8-3-2-4-9-17/h2-4,8-9,16,18-19H,5-7,10-15H2,1H3,(H,21,23)/t16-,19-/m1/s1. The molecule has 1 aliphatic heterocycles. The van der Waals surface area contributed by atoms with Crippen LogP contribution < -0.4 is 5.32 Å². The molecule has 132 valence electrons. The van der Waals surface area contributed by atoms with E-state index in [9.17, 15) is 4.79 Å². The van der Waals surface area contributed by atoms with E-state index >= 15 is 0 Å². The van der Waals surface area contributed by atoms with E-state index < -0.39 is 0 Å². The molecule has 2 fully saturated rings. The van der Waals surface area contributed by atoms with Gasteiger partial charge in [0.2, 0.25) is 0 Å². The van der Waals surface area contributed by atoms with Crippen LogP contribution in [-0.2, 0) is 11.3 Å². The Morgan fingerprint density at radius 2 is 1.83 bits per heavy atom. The monoisotopic (exact) mass is 330 g/mol. The number of piperidine rings is 1. The molecule has 1 aromatic carbocycles. The molecular weight excluding hydrogens is 300 g/mol. The Balaban J connectivity index is 1.39. The lowest BCUT2D eigenvalue weighted by molar-refractivity contribution is 0.00407. The Labute approximate surface area is 145 Å². The minimum absolute atomic E-state index is 0.121. The van der Waals surface area contributed by atoms with Gasteiger partial charge in [0.25, 0.3) is 0 Å². The van der Waals surface area contributed by atoms with Gasteiger partial charge in [0, 0.05) is 19.1 Å². The first-order valence-electron chi connectivity index (χ1n) is 9.43. The van der Waals surface area contributed by atoms with Crippen LogP contribution in [0, 0.1) is 5.92 Å². The lowest BCUT2D eigenvalue weighted by Crippen LogP contribution is -2.50. The zero-order valence-electron chi connectivity index (χ0n) is 14.7. The van der Waals surface area contributed by atoms with Crippen molar-refractivity contribution in [3.63, 3.8) is 0 Å². The van der Waals surface area contributed by atoms with Crippen molar-refractivity contribution in [3.8, 4) is 0 Å². The molecule has 2 aliphatic rings. The first kappa shape index (κ1) is 17.3. The van der Waals surface area contributed by atoms with Gasteiger partial charge in [-0.1, -0.05) is 50.1 Å². The van der Waals surface area contributed by atoms with E-state index in [0.29, 0.717) is 18.6 Å². The molecule has 4 heteroatoms. The van der Waals surface area contributed by atoms with Crippen LogP contribution >= 0.6 is 0 Å². The Hall–Kier alpha value is -1.55. The first-order valence-corrected chi connectivity index (χ1v) is 9.43. The summed E-state index contributed by atoms with van der Waals surface area (Å²) in [5.41, 5.74) is 1.21. The van der Waals surface area contributed by atoms with E-state index in [-0.39, 0.29) is 12.1 Å². The van der Waals surface area contributed by atoms with Gasteiger partial charge in [-0.25, -0.2) is 4.79 Å². The predicted molar refractivity (Wildman–Crippen MR) is 95.8 cm³/mol. The van der Waals surface area contributed by atoms with E-state index in [1.165, 1.54) is 24.8 Å². The molecule has 0 unspecified atom stereocenters. The number of rotatable bonds is 4. The van der Waals surface area contributed by atoms with Gasteiger partial charge in [-0.3, -0.25) is 0 Å². The van der Waals surface area contributed by atoms with Crippen LogP contribution in [0.1, 0.15) is 51.0 Å². The minimum Gasteiger partial charge on any atom is -0.373 e. The normalized spacial score (nSPS) is 25.5. The third-order valence-corrected chi connectivity index (χ3v) is 5.48. The molecular formula is C20H30N2O2. The lowest BCUT2D eigenvalue weighted by Gasteiger charge is -2.35. The van der Waals surface area contributed by atoms with Crippen molar-refractivity contribution in [2.24, 2.45) is 5.92 Å². The number of ether oxygens (including phenoxy) is 1. The summed E-state index contributed by atoms with van der Waals surface area (Å²) in [4.78, 5) is 14.4. The molecule has 2 amide bonds. The van der Waals surface area contributed by atoms with E-state index in [0.717, 1.165) is 32.4 Å². The maximum atomic E-state index is 12.5. The lowest BCUT2D eigenvalue weighted by atomic mass is 9.86. The quantitative estimate of drug-likeness (QED) is 0.908. The largest absolute Gasteiger partial charge is 0.373 e. The van der Waals surface area contributed by atoms with Gasteiger partial charge in [-0.2, -0.15) is 0 Å². The number of hydrogen-bond acceptors (Lipinski definition) is 2. The molecule has 3 rings (SSSR count). The van der Waals surface area contributed by atoms with Crippen LogP contribution in [0.4, 0.5) is 4.79 Å². The van der Waals surface area contributed by atoms with E-state index in [2.05, 4.69) is 24.4 Å². The highest BCUT2D eigenvalue weighted by molar-refractivity contribution is 5.74. The van der Waals surface area contributed by atoms with Crippen molar-refractivity contribution in [2.45, 2.75) is 64.2 Å². The molecule has 0 aromatic heterocycles. The third kappa shape index (κ3) is 4.73. The molecule has 1 N–H and O–H groups in total. The second kappa shape index (κ2) is 8.52. The van der Waals surface area contributed by atoms with Crippen LogP contribution in [0.3, 0.4) is 0 Å². The van der Waals surface area contributed by atoms with Gasteiger partial charge in [0.05, 0.1) is 12.7 Å². The number of carbonyl (C=O) groups excluding carboxylic acids is 1. The highest BCUT2D eigenvalue weighted by Crippen LogP contribution is 2.24. The highest BCUT2D eigenvalue weighted by Gasteiger charge is 2.27. The van der Waals surface area contributed by atoms with Crippen LogP contribution in [0.25, 0.3) is 0 Å². The number of amides is 2. The maximum Gasteiger partial charge on any atom is 0.317 e. The summed E-state index contributed by atoms with van der Waals surface area (Å²) in [5, 5.41) is 3.26.